The summed E-state index contributed by atoms with van der Waals surface area (Å²) in [5.41, 5.74) is 0. The van der Waals surface area contributed by atoms with E-state index < -0.39 is 6.10 Å². The van der Waals surface area contributed by atoms with Crippen LogP contribution in [0.3, 0.4) is 0 Å². The number of carbonyl (C=O) groups excluding carboxylic acids is 3. The molecule has 0 aliphatic carbocycles. The summed E-state index contributed by atoms with van der Waals surface area (Å²) in [5.74, 6) is -0.986. The van der Waals surface area contributed by atoms with E-state index in [2.05, 4.69) is 142 Å². The van der Waals surface area contributed by atoms with E-state index in [0.29, 0.717) is 19.3 Å². The molecule has 0 rings (SSSR count). The molecule has 0 aliphatic heterocycles. The summed E-state index contributed by atoms with van der Waals surface area (Å²) in [6.07, 6.45) is 75.2. The molecule has 6 nitrogen and oxygen atoms in total. The minimum atomic E-state index is -0.807. The average Bonchev–Trinajstić information content (AvgIpc) is 3.33. The Bertz CT molecular complexity index is 1440. The Morgan fingerprint density at radius 3 is 0.955 bits per heavy atom. The number of hydrogen-bond acceptors (Lipinski definition) is 6. The van der Waals surface area contributed by atoms with Crippen molar-refractivity contribution in [1.29, 1.82) is 0 Å². The number of carbonyl (C=O) groups is 3. The topological polar surface area (TPSA) is 78.9 Å². The van der Waals surface area contributed by atoms with Crippen LogP contribution in [-0.2, 0) is 28.6 Å². The van der Waals surface area contributed by atoms with Crippen molar-refractivity contribution in [2.24, 2.45) is 0 Å². The lowest BCUT2D eigenvalue weighted by molar-refractivity contribution is -0.167. The van der Waals surface area contributed by atoms with Crippen molar-refractivity contribution in [3.63, 3.8) is 0 Å². The molecule has 378 valence electrons. The van der Waals surface area contributed by atoms with Crippen molar-refractivity contribution >= 4 is 17.9 Å². The second-order valence-corrected chi connectivity index (χ2v) is 17.4. The van der Waals surface area contributed by atoms with Gasteiger partial charge in [0.2, 0.25) is 0 Å². The Labute approximate surface area is 412 Å². The van der Waals surface area contributed by atoms with Gasteiger partial charge >= 0.3 is 17.9 Å². The molecule has 0 saturated carbocycles. The maximum Gasteiger partial charge on any atom is 0.306 e. The van der Waals surface area contributed by atoms with E-state index >= 15 is 0 Å². The van der Waals surface area contributed by atoms with Gasteiger partial charge in [-0.1, -0.05) is 226 Å². The highest BCUT2D eigenvalue weighted by Gasteiger charge is 2.19. The molecule has 0 radical (unpaired) electrons. The molecule has 1 atom stereocenters. The summed E-state index contributed by atoms with van der Waals surface area (Å²) >= 11 is 0. The molecule has 67 heavy (non-hydrogen) atoms. The summed E-state index contributed by atoms with van der Waals surface area (Å²) in [6, 6.07) is 0. The van der Waals surface area contributed by atoms with Gasteiger partial charge in [0.05, 0.1) is 0 Å². The number of unbranched alkanes of at least 4 members (excludes halogenated alkanes) is 16. The highest BCUT2D eigenvalue weighted by atomic mass is 16.6. The summed E-state index contributed by atoms with van der Waals surface area (Å²) < 4.78 is 16.6. The van der Waals surface area contributed by atoms with E-state index in [-0.39, 0.29) is 37.5 Å². The molecule has 0 amide bonds. The Morgan fingerprint density at radius 2 is 0.597 bits per heavy atom. The number of rotatable bonds is 47. The van der Waals surface area contributed by atoms with E-state index in [1.165, 1.54) is 57.8 Å². The Morgan fingerprint density at radius 1 is 0.313 bits per heavy atom. The third kappa shape index (κ3) is 52.6. The van der Waals surface area contributed by atoms with E-state index in [9.17, 15) is 14.4 Å². The standard InChI is InChI=1S/C61H98O6/c1-4-7-10-13-15-17-19-21-23-25-26-27-28-29-30-31-32-33-34-36-37-39-41-43-45-48-51-54-60(63)66-57-58(56-65-59(62)53-50-47-12-9-6-3)67-61(64)55-52-49-46-44-42-40-38-35-24-22-20-18-16-14-11-8-5-2/h7-8,10-11,15-18,21-24,26-27,29-30,38,40,44,46,58H,4-6,9,12-14,19-20,25,28,31-37,39,41-43,45,47-57H2,1-3H3/b10-7-,11-8-,17-15-,18-16-,23-21-,24-22-,27-26-,30-29-,40-38-,46-44-. The first kappa shape index (κ1) is 62.8. The maximum atomic E-state index is 12.7. The molecule has 0 aliphatic rings. The zero-order chi connectivity index (χ0) is 48.6. The van der Waals surface area contributed by atoms with E-state index in [0.717, 1.165) is 122 Å². The fraction of sp³-hybridized carbons (Fsp3) is 0.623. The number of hydrogen-bond donors (Lipinski definition) is 0. The van der Waals surface area contributed by atoms with Crippen LogP contribution in [-0.4, -0.2) is 37.2 Å². The van der Waals surface area contributed by atoms with Gasteiger partial charge in [0.15, 0.2) is 6.10 Å². The van der Waals surface area contributed by atoms with Crippen molar-refractivity contribution in [2.45, 2.75) is 232 Å². The van der Waals surface area contributed by atoms with Crippen molar-refractivity contribution in [3.8, 4) is 0 Å². The molecule has 0 saturated heterocycles. The van der Waals surface area contributed by atoms with Crippen molar-refractivity contribution < 1.29 is 28.6 Å². The SMILES string of the molecule is CC/C=C\C/C=C\C/C=C\C/C=C\C/C=C\CCCCCCCCCCCCCC(=O)OCC(COC(=O)CCCCCCC)OC(=O)CCC/C=C\C/C=C\C/C=C\C/C=C\C/C=C\CC. The fourth-order valence-electron chi connectivity index (χ4n) is 6.97. The summed E-state index contributed by atoms with van der Waals surface area (Å²) in [6.45, 7) is 6.26. The molecular formula is C61H98O6. The number of esters is 3. The predicted octanol–water partition coefficient (Wildman–Crippen LogP) is 18.1. The van der Waals surface area contributed by atoms with Crippen LogP contribution in [0.25, 0.3) is 0 Å². The average molecular weight is 927 g/mol. The van der Waals surface area contributed by atoms with Gasteiger partial charge in [0.25, 0.3) is 0 Å². The fourth-order valence-corrected chi connectivity index (χ4v) is 6.97. The van der Waals surface area contributed by atoms with Gasteiger partial charge in [-0.2, -0.15) is 0 Å². The third-order valence-electron chi connectivity index (χ3n) is 11.0. The lowest BCUT2D eigenvalue weighted by atomic mass is 10.0. The van der Waals surface area contributed by atoms with Crippen LogP contribution in [0.4, 0.5) is 0 Å². The van der Waals surface area contributed by atoms with Gasteiger partial charge in [0, 0.05) is 19.3 Å². The molecule has 0 spiro atoms. The minimum absolute atomic E-state index is 0.104. The quantitative estimate of drug-likeness (QED) is 0.0262. The Hall–Kier alpha value is -4.19. The number of ether oxygens (including phenoxy) is 3. The van der Waals surface area contributed by atoms with Crippen LogP contribution in [0.5, 0.6) is 0 Å². The first-order valence-electron chi connectivity index (χ1n) is 27.0. The van der Waals surface area contributed by atoms with Gasteiger partial charge in [0.1, 0.15) is 13.2 Å². The smallest absolute Gasteiger partial charge is 0.306 e. The highest BCUT2D eigenvalue weighted by Crippen LogP contribution is 2.14. The lowest BCUT2D eigenvalue weighted by Crippen LogP contribution is -2.30. The normalized spacial score (nSPS) is 13.1. The minimum Gasteiger partial charge on any atom is -0.462 e. The third-order valence-corrected chi connectivity index (χ3v) is 11.0. The molecule has 0 aromatic rings. The maximum absolute atomic E-state index is 12.7. The van der Waals surface area contributed by atoms with Gasteiger partial charge in [-0.25, -0.2) is 0 Å². The van der Waals surface area contributed by atoms with Crippen LogP contribution in [0.2, 0.25) is 0 Å². The summed E-state index contributed by atoms with van der Waals surface area (Å²) in [5, 5.41) is 0. The zero-order valence-corrected chi connectivity index (χ0v) is 43.1. The van der Waals surface area contributed by atoms with E-state index in [1.807, 2.05) is 0 Å². The molecule has 1 unspecified atom stereocenters. The van der Waals surface area contributed by atoms with Gasteiger partial charge < -0.3 is 14.2 Å². The van der Waals surface area contributed by atoms with Gasteiger partial charge in [-0.15, -0.1) is 0 Å². The molecule has 0 aromatic heterocycles. The molecule has 0 aromatic carbocycles. The largest absolute Gasteiger partial charge is 0.462 e. The highest BCUT2D eigenvalue weighted by molar-refractivity contribution is 5.71. The van der Waals surface area contributed by atoms with Crippen LogP contribution >= 0.6 is 0 Å². The van der Waals surface area contributed by atoms with E-state index in [1.54, 1.807) is 0 Å². The first-order valence-corrected chi connectivity index (χ1v) is 27.0. The van der Waals surface area contributed by atoms with E-state index in [4.69, 9.17) is 14.2 Å². The zero-order valence-electron chi connectivity index (χ0n) is 43.1. The van der Waals surface area contributed by atoms with Crippen molar-refractivity contribution in [2.75, 3.05) is 13.2 Å². The Kier molecular flexibility index (Phi) is 51.0. The van der Waals surface area contributed by atoms with Crippen LogP contribution < -0.4 is 0 Å². The molecule has 0 heterocycles. The van der Waals surface area contributed by atoms with Crippen molar-refractivity contribution in [1.82, 2.24) is 0 Å². The van der Waals surface area contributed by atoms with Gasteiger partial charge in [-0.05, 0) is 103 Å². The molecule has 6 heteroatoms. The van der Waals surface area contributed by atoms with Crippen LogP contribution in [0, 0.1) is 0 Å². The predicted molar refractivity (Wildman–Crippen MR) is 288 cm³/mol. The number of allylic oxidation sites excluding steroid dienone is 20. The molecule has 0 bridgehead atoms. The summed E-state index contributed by atoms with van der Waals surface area (Å²) in [4.78, 5) is 37.7. The monoisotopic (exact) mass is 927 g/mol. The first-order chi connectivity index (χ1) is 33.0. The van der Waals surface area contributed by atoms with Crippen LogP contribution in [0.15, 0.2) is 122 Å². The molecular weight excluding hydrogens is 829 g/mol. The van der Waals surface area contributed by atoms with Crippen molar-refractivity contribution in [3.05, 3.63) is 122 Å². The molecule has 0 N–H and O–H groups in total. The molecule has 0 fully saturated rings. The lowest BCUT2D eigenvalue weighted by Gasteiger charge is -2.18. The van der Waals surface area contributed by atoms with Crippen LogP contribution in [0.1, 0.15) is 226 Å². The second kappa shape index (κ2) is 54.4. The Balaban J connectivity index is 4.18. The second-order valence-electron chi connectivity index (χ2n) is 17.4. The van der Waals surface area contributed by atoms with Gasteiger partial charge in [-0.3, -0.25) is 14.4 Å². The summed E-state index contributed by atoms with van der Waals surface area (Å²) in [7, 11) is 0.